The third-order valence-electron chi connectivity index (χ3n) is 2.62. The number of aromatic nitrogens is 2. The maximum Gasteiger partial charge on any atom is 0.218 e. The lowest BCUT2D eigenvalue weighted by atomic mass is 9.93. The molecule has 5 heteroatoms. The van der Waals surface area contributed by atoms with Crippen LogP contribution in [0.25, 0.3) is 0 Å². The Bertz CT molecular complexity index is 418. The smallest absolute Gasteiger partial charge is 0.218 e. The number of anilines is 1. The molecule has 0 aliphatic rings. The van der Waals surface area contributed by atoms with Gasteiger partial charge in [0, 0.05) is 11.5 Å². The van der Waals surface area contributed by atoms with Crippen molar-refractivity contribution in [2.24, 2.45) is 11.3 Å². The van der Waals surface area contributed by atoms with Gasteiger partial charge in [-0.05, 0) is 11.8 Å². The van der Waals surface area contributed by atoms with Crippen molar-refractivity contribution >= 4 is 5.82 Å². The predicted molar refractivity (Wildman–Crippen MR) is 78.1 cm³/mol. The number of ether oxygens (including phenoxy) is 1. The van der Waals surface area contributed by atoms with Crippen molar-refractivity contribution in [2.45, 2.75) is 53.4 Å². The highest BCUT2D eigenvalue weighted by Crippen LogP contribution is 2.24. The standard InChI is InChI=1S/C14H26N4O/c1-13(2,3)7-8-19-11-9-10(18-15)16-12(17-11)14(4,5)6/h9H,7-8,15H2,1-6H3,(H,16,17,18). The molecule has 0 spiro atoms. The third-order valence-corrected chi connectivity index (χ3v) is 2.62. The molecule has 0 bridgehead atoms. The average molecular weight is 266 g/mol. The van der Waals surface area contributed by atoms with Gasteiger partial charge in [-0.25, -0.2) is 10.8 Å². The Kier molecular flexibility index (Phi) is 4.74. The van der Waals surface area contributed by atoms with Crippen molar-refractivity contribution in [1.29, 1.82) is 0 Å². The Labute approximate surface area is 115 Å². The maximum atomic E-state index is 5.71. The zero-order valence-electron chi connectivity index (χ0n) is 12.9. The highest BCUT2D eigenvalue weighted by atomic mass is 16.5. The van der Waals surface area contributed by atoms with Gasteiger partial charge in [-0.2, -0.15) is 4.98 Å². The average Bonchev–Trinajstić information content (AvgIpc) is 2.25. The molecule has 0 radical (unpaired) electrons. The summed E-state index contributed by atoms with van der Waals surface area (Å²) in [5, 5.41) is 0. The second kappa shape index (κ2) is 5.74. The van der Waals surface area contributed by atoms with Gasteiger partial charge in [0.15, 0.2) is 0 Å². The molecule has 1 aromatic heterocycles. The third kappa shape index (κ3) is 5.42. The summed E-state index contributed by atoms with van der Waals surface area (Å²) in [6.07, 6.45) is 0.966. The zero-order chi connectivity index (χ0) is 14.7. The number of nitrogens with two attached hydrogens (primary N) is 1. The lowest BCUT2D eigenvalue weighted by Crippen LogP contribution is -2.20. The Balaban J connectivity index is 2.83. The lowest BCUT2D eigenvalue weighted by molar-refractivity contribution is 0.235. The topological polar surface area (TPSA) is 73.1 Å². The molecule has 0 saturated heterocycles. The van der Waals surface area contributed by atoms with E-state index in [2.05, 4.69) is 56.9 Å². The van der Waals surface area contributed by atoms with Gasteiger partial charge >= 0.3 is 0 Å². The lowest BCUT2D eigenvalue weighted by Gasteiger charge is -2.20. The Morgan fingerprint density at radius 1 is 1.16 bits per heavy atom. The van der Waals surface area contributed by atoms with Crippen molar-refractivity contribution in [1.82, 2.24) is 9.97 Å². The van der Waals surface area contributed by atoms with Gasteiger partial charge < -0.3 is 10.2 Å². The molecule has 1 heterocycles. The van der Waals surface area contributed by atoms with E-state index in [1.165, 1.54) is 0 Å². The summed E-state index contributed by atoms with van der Waals surface area (Å²) in [4.78, 5) is 8.80. The molecule has 0 saturated carbocycles. The van der Waals surface area contributed by atoms with Crippen LogP contribution in [0.2, 0.25) is 0 Å². The summed E-state index contributed by atoms with van der Waals surface area (Å²) >= 11 is 0. The fourth-order valence-electron chi connectivity index (χ4n) is 1.37. The van der Waals surface area contributed by atoms with Crippen LogP contribution in [0.1, 0.15) is 53.8 Å². The number of nitrogens with one attached hydrogen (secondary N) is 1. The fraction of sp³-hybridized carbons (Fsp3) is 0.714. The molecule has 19 heavy (non-hydrogen) atoms. The molecular weight excluding hydrogens is 240 g/mol. The molecule has 5 nitrogen and oxygen atoms in total. The van der Waals surface area contributed by atoms with Crippen molar-refractivity contribution in [2.75, 3.05) is 12.0 Å². The highest BCUT2D eigenvalue weighted by Gasteiger charge is 2.19. The van der Waals surface area contributed by atoms with Crippen LogP contribution < -0.4 is 16.0 Å². The van der Waals surface area contributed by atoms with E-state index in [0.717, 1.165) is 6.42 Å². The van der Waals surface area contributed by atoms with Gasteiger partial charge in [0.2, 0.25) is 5.88 Å². The Morgan fingerprint density at radius 2 is 1.79 bits per heavy atom. The molecule has 0 amide bonds. The van der Waals surface area contributed by atoms with Crippen LogP contribution in [0.3, 0.4) is 0 Å². The molecule has 0 unspecified atom stereocenters. The number of hydrogen-bond donors (Lipinski definition) is 2. The molecule has 108 valence electrons. The van der Waals surface area contributed by atoms with Gasteiger partial charge in [-0.1, -0.05) is 41.5 Å². The molecule has 0 atom stereocenters. The molecule has 0 aliphatic carbocycles. The SMILES string of the molecule is CC(C)(C)CCOc1cc(NN)nc(C(C)(C)C)n1. The Hall–Kier alpha value is -1.36. The van der Waals surface area contributed by atoms with Gasteiger partial charge in [-0.3, -0.25) is 0 Å². The van der Waals surface area contributed by atoms with Gasteiger partial charge in [0.25, 0.3) is 0 Å². The normalized spacial score (nSPS) is 12.4. The quantitative estimate of drug-likeness (QED) is 0.647. The number of nitrogens with zero attached hydrogens (tertiary/aromatic N) is 2. The van der Waals surface area contributed by atoms with Gasteiger partial charge in [-0.15, -0.1) is 0 Å². The number of rotatable bonds is 4. The maximum absolute atomic E-state index is 5.71. The van der Waals surface area contributed by atoms with Gasteiger partial charge in [0.1, 0.15) is 11.6 Å². The van der Waals surface area contributed by atoms with Crippen LogP contribution in [-0.4, -0.2) is 16.6 Å². The monoisotopic (exact) mass is 266 g/mol. The number of hydrogen-bond acceptors (Lipinski definition) is 5. The summed E-state index contributed by atoms with van der Waals surface area (Å²) in [7, 11) is 0. The van der Waals surface area contributed by atoms with Crippen molar-refractivity contribution in [3.63, 3.8) is 0 Å². The second-order valence-corrected chi connectivity index (χ2v) is 6.97. The van der Waals surface area contributed by atoms with E-state index in [9.17, 15) is 0 Å². The summed E-state index contributed by atoms with van der Waals surface area (Å²) in [5.74, 6) is 7.29. The zero-order valence-corrected chi connectivity index (χ0v) is 12.9. The number of hydrazine groups is 1. The molecule has 1 rings (SSSR count). The predicted octanol–water partition coefficient (Wildman–Crippen LogP) is 2.87. The van der Waals surface area contributed by atoms with Crippen LogP contribution in [0.15, 0.2) is 6.07 Å². The first-order chi connectivity index (χ1) is 8.62. The Morgan fingerprint density at radius 3 is 2.26 bits per heavy atom. The first kappa shape index (κ1) is 15.7. The van der Waals surface area contributed by atoms with E-state index >= 15 is 0 Å². The van der Waals surface area contributed by atoms with Crippen LogP contribution in [-0.2, 0) is 5.41 Å². The van der Waals surface area contributed by atoms with E-state index in [-0.39, 0.29) is 10.8 Å². The second-order valence-electron chi connectivity index (χ2n) is 6.97. The summed E-state index contributed by atoms with van der Waals surface area (Å²) < 4.78 is 5.71. The fourth-order valence-corrected chi connectivity index (χ4v) is 1.37. The van der Waals surface area contributed by atoms with E-state index in [1.54, 1.807) is 6.07 Å². The molecule has 0 aromatic carbocycles. The first-order valence-electron chi connectivity index (χ1n) is 6.61. The van der Waals surface area contributed by atoms with Crippen molar-refractivity contribution in [3.05, 3.63) is 11.9 Å². The number of nitrogen functional groups attached to an aromatic ring is 1. The van der Waals surface area contributed by atoms with E-state index in [4.69, 9.17) is 10.6 Å². The van der Waals surface area contributed by atoms with Crippen LogP contribution in [0.5, 0.6) is 5.88 Å². The summed E-state index contributed by atoms with van der Waals surface area (Å²) in [5.41, 5.74) is 2.66. The van der Waals surface area contributed by atoms with Crippen LogP contribution in [0, 0.1) is 5.41 Å². The van der Waals surface area contributed by atoms with E-state index in [1.807, 2.05) is 0 Å². The highest BCUT2D eigenvalue weighted by molar-refractivity contribution is 5.37. The van der Waals surface area contributed by atoms with E-state index in [0.29, 0.717) is 24.1 Å². The first-order valence-corrected chi connectivity index (χ1v) is 6.61. The van der Waals surface area contributed by atoms with E-state index < -0.39 is 0 Å². The molecule has 0 aliphatic heterocycles. The molecule has 0 fully saturated rings. The minimum Gasteiger partial charge on any atom is -0.478 e. The van der Waals surface area contributed by atoms with Gasteiger partial charge in [0.05, 0.1) is 6.61 Å². The minimum atomic E-state index is -0.144. The largest absolute Gasteiger partial charge is 0.478 e. The molecule has 3 N–H and O–H groups in total. The van der Waals surface area contributed by atoms with Crippen LogP contribution >= 0.6 is 0 Å². The molecule has 1 aromatic rings. The van der Waals surface area contributed by atoms with Crippen LogP contribution in [0.4, 0.5) is 5.82 Å². The van der Waals surface area contributed by atoms with Crippen molar-refractivity contribution < 1.29 is 4.74 Å². The van der Waals surface area contributed by atoms with Crippen molar-refractivity contribution in [3.8, 4) is 5.88 Å². The minimum absolute atomic E-state index is 0.144. The summed E-state index contributed by atoms with van der Waals surface area (Å²) in [6.45, 7) is 13.4. The summed E-state index contributed by atoms with van der Waals surface area (Å²) in [6, 6.07) is 1.72. The molecular formula is C14H26N4O.